The smallest absolute Gasteiger partial charge is 0.0755 e. The molecule has 116 valence electrons. The summed E-state index contributed by atoms with van der Waals surface area (Å²) in [5, 5.41) is 3.57. The molecule has 0 aliphatic carbocycles. The van der Waals surface area contributed by atoms with Gasteiger partial charge in [0.1, 0.15) is 0 Å². The molecule has 1 saturated heterocycles. The maximum Gasteiger partial charge on any atom is 0.0755 e. The maximum atomic E-state index is 5.48. The summed E-state index contributed by atoms with van der Waals surface area (Å²) in [4.78, 5) is 3.55. The third kappa shape index (κ3) is 5.66. The zero-order valence-corrected chi connectivity index (χ0v) is 14.0. The molecule has 0 aromatic heterocycles. The Labute approximate surface area is 134 Å². The minimum Gasteiger partial charge on any atom is -0.377 e. The molecule has 0 amide bonds. The van der Waals surface area contributed by atoms with Gasteiger partial charge < -0.3 is 10.2 Å². The van der Waals surface area contributed by atoms with E-state index in [1.54, 1.807) is 0 Å². The highest BCUT2D eigenvalue weighted by Gasteiger charge is 2.19. The van der Waals surface area contributed by atoms with Crippen LogP contribution in [-0.4, -0.2) is 24.1 Å². The first-order valence-corrected chi connectivity index (χ1v) is 8.79. The molecule has 1 aromatic carbocycles. The molecule has 1 N–H and O–H groups in total. The largest absolute Gasteiger partial charge is 0.377 e. The SMILES string of the molecule is CCCCCCC(=S)NC1CCN(c2ccccc2)CC1. The number of piperidine rings is 1. The molecule has 1 aliphatic rings. The first-order chi connectivity index (χ1) is 10.3. The van der Waals surface area contributed by atoms with Crippen molar-refractivity contribution in [3.63, 3.8) is 0 Å². The van der Waals surface area contributed by atoms with Gasteiger partial charge in [0, 0.05) is 24.8 Å². The molecule has 0 atom stereocenters. The average Bonchev–Trinajstić information content (AvgIpc) is 2.53. The van der Waals surface area contributed by atoms with Gasteiger partial charge >= 0.3 is 0 Å². The van der Waals surface area contributed by atoms with Crippen LogP contribution in [0.5, 0.6) is 0 Å². The fraction of sp³-hybridized carbons (Fsp3) is 0.611. The van der Waals surface area contributed by atoms with Gasteiger partial charge in [0.2, 0.25) is 0 Å². The number of nitrogens with zero attached hydrogens (tertiary/aromatic N) is 1. The number of anilines is 1. The zero-order valence-electron chi connectivity index (χ0n) is 13.2. The Balaban J connectivity index is 1.66. The predicted molar refractivity (Wildman–Crippen MR) is 96.2 cm³/mol. The van der Waals surface area contributed by atoms with Gasteiger partial charge in [0.15, 0.2) is 0 Å². The highest BCUT2D eigenvalue weighted by molar-refractivity contribution is 7.80. The lowest BCUT2D eigenvalue weighted by Crippen LogP contribution is -2.44. The number of thiocarbonyl (C=S) groups is 1. The third-order valence-electron chi connectivity index (χ3n) is 4.24. The van der Waals surface area contributed by atoms with E-state index in [-0.39, 0.29) is 0 Å². The van der Waals surface area contributed by atoms with E-state index < -0.39 is 0 Å². The van der Waals surface area contributed by atoms with Crippen LogP contribution in [0.25, 0.3) is 0 Å². The first-order valence-electron chi connectivity index (χ1n) is 8.39. The molecule has 0 spiro atoms. The van der Waals surface area contributed by atoms with Gasteiger partial charge in [-0.15, -0.1) is 0 Å². The molecule has 1 heterocycles. The van der Waals surface area contributed by atoms with Crippen molar-refractivity contribution in [2.24, 2.45) is 0 Å². The normalized spacial score (nSPS) is 16.0. The van der Waals surface area contributed by atoms with Gasteiger partial charge in [0.25, 0.3) is 0 Å². The van der Waals surface area contributed by atoms with E-state index in [1.807, 2.05) is 0 Å². The van der Waals surface area contributed by atoms with Crippen LogP contribution in [0.15, 0.2) is 30.3 Å². The van der Waals surface area contributed by atoms with Crippen LogP contribution in [0.4, 0.5) is 5.69 Å². The van der Waals surface area contributed by atoms with Crippen LogP contribution in [0.1, 0.15) is 51.9 Å². The van der Waals surface area contributed by atoms with E-state index >= 15 is 0 Å². The van der Waals surface area contributed by atoms with Crippen molar-refractivity contribution < 1.29 is 0 Å². The number of nitrogens with one attached hydrogen (secondary N) is 1. The Kier molecular flexibility index (Phi) is 7.01. The number of hydrogen-bond acceptors (Lipinski definition) is 2. The lowest BCUT2D eigenvalue weighted by Gasteiger charge is -2.34. The van der Waals surface area contributed by atoms with Crippen molar-refractivity contribution in [1.82, 2.24) is 5.32 Å². The van der Waals surface area contributed by atoms with Gasteiger partial charge in [-0.1, -0.05) is 56.6 Å². The molecule has 0 radical (unpaired) electrons. The number of para-hydroxylation sites is 1. The summed E-state index contributed by atoms with van der Waals surface area (Å²) in [6.45, 7) is 4.50. The Morgan fingerprint density at radius 1 is 1.14 bits per heavy atom. The van der Waals surface area contributed by atoms with Gasteiger partial charge in [-0.25, -0.2) is 0 Å². The van der Waals surface area contributed by atoms with Crippen LogP contribution in [0, 0.1) is 0 Å². The van der Waals surface area contributed by atoms with E-state index in [9.17, 15) is 0 Å². The Bertz CT molecular complexity index is 410. The van der Waals surface area contributed by atoms with Crippen LogP contribution < -0.4 is 10.2 Å². The van der Waals surface area contributed by atoms with Crippen molar-refractivity contribution in [3.8, 4) is 0 Å². The monoisotopic (exact) mass is 304 g/mol. The summed E-state index contributed by atoms with van der Waals surface area (Å²) in [5.41, 5.74) is 1.35. The van der Waals surface area contributed by atoms with E-state index in [1.165, 1.54) is 44.2 Å². The van der Waals surface area contributed by atoms with Crippen molar-refractivity contribution in [1.29, 1.82) is 0 Å². The molecule has 0 bridgehead atoms. The second-order valence-corrected chi connectivity index (χ2v) is 6.47. The number of benzene rings is 1. The highest BCUT2D eigenvalue weighted by atomic mass is 32.1. The molecule has 3 heteroatoms. The van der Waals surface area contributed by atoms with Crippen molar-refractivity contribution in [2.75, 3.05) is 18.0 Å². The highest BCUT2D eigenvalue weighted by Crippen LogP contribution is 2.19. The summed E-state index contributed by atoms with van der Waals surface area (Å²) in [6.07, 6.45) is 8.60. The summed E-state index contributed by atoms with van der Waals surface area (Å²) in [7, 11) is 0. The molecular formula is C18H28N2S. The Morgan fingerprint density at radius 2 is 1.86 bits per heavy atom. The van der Waals surface area contributed by atoms with Crippen LogP contribution in [0.2, 0.25) is 0 Å². The second-order valence-electron chi connectivity index (χ2n) is 5.98. The summed E-state index contributed by atoms with van der Waals surface area (Å²) in [5.74, 6) is 0. The molecule has 0 saturated carbocycles. The average molecular weight is 305 g/mol. The standard InChI is InChI=1S/C18H28N2S/c1-2-3-4-8-11-18(21)19-16-12-14-20(15-13-16)17-9-6-5-7-10-17/h5-7,9-10,16H,2-4,8,11-15H2,1H3,(H,19,21). The fourth-order valence-corrected chi connectivity index (χ4v) is 3.24. The molecule has 2 rings (SSSR count). The number of unbranched alkanes of at least 4 members (excludes halogenated alkanes) is 3. The van der Waals surface area contributed by atoms with Crippen LogP contribution in [-0.2, 0) is 0 Å². The van der Waals surface area contributed by atoms with Crippen molar-refractivity contribution >= 4 is 22.9 Å². The Morgan fingerprint density at radius 3 is 2.52 bits per heavy atom. The molecule has 1 fully saturated rings. The minimum absolute atomic E-state index is 0.573. The van der Waals surface area contributed by atoms with Crippen LogP contribution in [0.3, 0.4) is 0 Å². The molecule has 1 aromatic rings. The Hall–Kier alpha value is -1.09. The molecule has 0 unspecified atom stereocenters. The fourth-order valence-electron chi connectivity index (χ4n) is 2.93. The second kappa shape index (κ2) is 9.04. The minimum atomic E-state index is 0.573. The van der Waals surface area contributed by atoms with E-state index in [4.69, 9.17) is 12.2 Å². The van der Waals surface area contributed by atoms with Gasteiger partial charge in [-0.3, -0.25) is 0 Å². The van der Waals surface area contributed by atoms with E-state index in [2.05, 4.69) is 47.5 Å². The summed E-state index contributed by atoms with van der Waals surface area (Å²) >= 11 is 5.48. The molecular weight excluding hydrogens is 276 g/mol. The molecule has 1 aliphatic heterocycles. The summed E-state index contributed by atoms with van der Waals surface area (Å²) < 4.78 is 0. The van der Waals surface area contributed by atoms with Crippen molar-refractivity contribution in [2.45, 2.75) is 57.9 Å². The number of rotatable bonds is 7. The third-order valence-corrected chi connectivity index (χ3v) is 4.56. The predicted octanol–water partition coefficient (Wildman–Crippen LogP) is 4.54. The van der Waals surface area contributed by atoms with Crippen LogP contribution >= 0.6 is 12.2 Å². The van der Waals surface area contributed by atoms with Gasteiger partial charge in [-0.2, -0.15) is 0 Å². The quantitative estimate of drug-likeness (QED) is 0.588. The zero-order chi connectivity index (χ0) is 14.9. The molecule has 2 nitrogen and oxygen atoms in total. The van der Waals surface area contributed by atoms with Crippen molar-refractivity contribution in [3.05, 3.63) is 30.3 Å². The number of hydrogen-bond donors (Lipinski definition) is 1. The summed E-state index contributed by atoms with van der Waals surface area (Å²) in [6, 6.07) is 11.3. The lowest BCUT2D eigenvalue weighted by molar-refractivity contribution is 0.465. The van der Waals surface area contributed by atoms with E-state index in [0.717, 1.165) is 24.5 Å². The molecule has 21 heavy (non-hydrogen) atoms. The first kappa shape index (κ1) is 16.3. The van der Waals surface area contributed by atoms with E-state index in [0.29, 0.717) is 6.04 Å². The van der Waals surface area contributed by atoms with Gasteiger partial charge in [0.05, 0.1) is 4.99 Å². The van der Waals surface area contributed by atoms with Gasteiger partial charge in [-0.05, 0) is 37.8 Å². The lowest BCUT2D eigenvalue weighted by atomic mass is 10.0. The topological polar surface area (TPSA) is 15.3 Å². The maximum absolute atomic E-state index is 5.48.